The molecule has 0 amide bonds. The summed E-state index contributed by atoms with van der Waals surface area (Å²) in [7, 11) is 0. The van der Waals surface area contributed by atoms with Gasteiger partial charge in [-0.05, 0) is 0 Å². The van der Waals surface area contributed by atoms with Crippen LogP contribution in [0.3, 0.4) is 0 Å². The predicted octanol–water partition coefficient (Wildman–Crippen LogP) is -1.40. The molecule has 0 unspecified atom stereocenters. The van der Waals surface area contributed by atoms with Crippen LogP contribution < -0.4 is 5.73 Å². The molecule has 0 heterocycles. The van der Waals surface area contributed by atoms with Crippen LogP contribution in [0, 0.1) is 0 Å². The maximum absolute atomic E-state index is 10.9. The number of ether oxygens (including phenoxy) is 1. The minimum Gasteiger partial charge on any atom is -0.481 e. The Balaban J connectivity index is 3.46. The number of Topliss-reactive ketones (excluding diaryl/α,β-unsaturated/α-hetero) is 1. The second-order valence-electron chi connectivity index (χ2n) is 2.65. The Morgan fingerprint density at radius 2 is 1.79 bits per heavy atom. The third-order valence-electron chi connectivity index (χ3n) is 1.47. The van der Waals surface area contributed by atoms with Gasteiger partial charge in [-0.3, -0.25) is 14.4 Å². The van der Waals surface area contributed by atoms with Gasteiger partial charge in [-0.2, -0.15) is 0 Å². The number of carbonyl (C=O) groups excluding carboxylic acids is 2. The summed E-state index contributed by atoms with van der Waals surface area (Å²) in [6.45, 7) is 0.00907. The third kappa shape index (κ3) is 7.23. The zero-order chi connectivity index (χ0) is 11.0. The van der Waals surface area contributed by atoms with Crippen LogP contribution in [-0.2, 0) is 19.1 Å². The van der Waals surface area contributed by atoms with E-state index in [9.17, 15) is 14.4 Å². The minimum atomic E-state index is -1.02. The molecule has 0 bridgehead atoms. The summed E-state index contributed by atoms with van der Waals surface area (Å²) in [5.74, 6) is -1.68. The summed E-state index contributed by atoms with van der Waals surface area (Å²) in [5.41, 5.74) is 3.37. The lowest BCUT2D eigenvalue weighted by Gasteiger charge is -2.01. The summed E-state index contributed by atoms with van der Waals surface area (Å²) in [4.78, 5) is 31.6. The van der Waals surface area contributed by atoms with Crippen LogP contribution in [0.5, 0.6) is 0 Å². The van der Waals surface area contributed by atoms with Gasteiger partial charge in [-0.15, -0.1) is 0 Å². The quantitative estimate of drug-likeness (QED) is 0.495. The van der Waals surface area contributed by atoms with E-state index >= 15 is 0 Å². The van der Waals surface area contributed by atoms with E-state index in [-0.39, 0.29) is 38.2 Å². The predicted molar refractivity (Wildman–Crippen MR) is 45.2 cm³/mol. The summed E-state index contributed by atoms with van der Waals surface area (Å²) in [6.07, 6.45) is -0.113. The Morgan fingerprint density at radius 3 is 2.29 bits per heavy atom. The fraction of sp³-hybridized carbons (Fsp3) is 0.625. The zero-order valence-corrected chi connectivity index (χ0v) is 7.82. The van der Waals surface area contributed by atoms with Crippen LogP contribution in [0.15, 0.2) is 0 Å². The molecule has 0 radical (unpaired) electrons. The van der Waals surface area contributed by atoms with Crippen LogP contribution in [0.2, 0.25) is 0 Å². The largest absolute Gasteiger partial charge is 0.481 e. The highest BCUT2D eigenvalue weighted by atomic mass is 16.5. The van der Waals surface area contributed by atoms with Gasteiger partial charge in [0, 0.05) is 6.42 Å². The summed E-state index contributed by atoms with van der Waals surface area (Å²) in [5, 5.41) is 8.23. The summed E-state index contributed by atoms with van der Waals surface area (Å²) >= 11 is 0. The monoisotopic (exact) mass is 204 g/mol. The molecule has 0 atom stereocenters. The number of hydrogen-bond donors (Lipinski definition) is 2. The molecule has 80 valence electrons. The number of esters is 1. The molecule has 6 nitrogen and oxygen atoms in total. The van der Waals surface area contributed by atoms with Gasteiger partial charge >= 0.3 is 11.9 Å². The molecule has 0 aliphatic carbocycles. The first-order chi connectivity index (χ1) is 6.56. The molecular formula is C8H14NO5+. The molecule has 0 aromatic carbocycles. The molecule has 0 aromatic heterocycles. The number of ketones is 1. The van der Waals surface area contributed by atoms with E-state index in [2.05, 4.69) is 10.5 Å². The second kappa shape index (κ2) is 7.02. The Labute approximate surface area is 81.0 Å². The van der Waals surface area contributed by atoms with Crippen LogP contribution in [-0.4, -0.2) is 36.0 Å². The van der Waals surface area contributed by atoms with E-state index in [4.69, 9.17) is 5.11 Å². The molecule has 4 N–H and O–H groups in total. The highest BCUT2D eigenvalue weighted by Gasteiger charge is 2.08. The van der Waals surface area contributed by atoms with Crippen molar-refractivity contribution < 1.29 is 30.0 Å². The lowest BCUT2D eigenvalue weighted by Crippen LogP contribution is -2.54. The molecule has 0 saturated heterocycles. The van der Waals surface area contributed by atoms with Crippen LogP contribution >= 0.6 is 0 Å². The van der Waals surface area contributed by atoms with E-state index in [0.29, 0.717) is 0 Å². The van der Waals surface area contributed by atoms with Crippen molar-refractivity contribution in [2.24, 2.45) is 0 Å². The third-order valence-corrected chi connectivity index (χ3v) is 1.47. The summed E-state index contributed by atoms with van der Waals surface area (Å²) < 4.78 is 4.56. The van der Waals surface area contributed by atoms with Crippen molar-refractivity contribution in [2.75, 3.05) is 13.2 Å². The summed E-state index contributed by atoms with van der Waals surface area (Å²) in [6, 6.07) is 0. The van der Waals surface area contributed by atoms with E-state index in [0.717, 1.165) is 0 Å². The minimum absolute atomic E-state index is 0.00598. The van der Waals surface area contributed by atoms with Crippen LogP contribution in [0.1, 0.15) is 19.3 Å². The second-order valence-corrected chi connectivity index (χ2v) is 2.65. The molecule has 0 spiro atoms. The first kappa shape index (κ1) is 12.6. The lowest BCUT2D eigenvalue weighted by molar-refractivity contribution is -0.354. The van der Waals surface area contributed by atoms with E-state index in [1.807, 2.05) is 0 Å². The molecular weight excluding hydrogens is 190 g/mol. The fourth-order valence-electron chi connectivity index (χ4n) is 0.691. The Morgan fingerprint density at radius 1 is 1.14 bits per heavy atom. The number of carboxylic acid groups (broad SMARTS) is 1. The zero-order valence-electron chi connectivity index (χ0n) is 7.82. The molecule has 14 heavy (non-hydrogen) atoms. The SMILES string of the molecule is [NH3+]CC(=O)CCC(=O)OCCC(=O)O. The van der Waals surface area contributed by atoms with Gasteiger partial charge in [0.1, 0.15) is 13.2 Å². The van der Waals surface area contributed by atoms with Gasteiger partial charge in [0.05, 0.1) is 12.8 Å². The van der Waals surface area contributed by atoms with E-state index in [1.165, 1.54) is 0 Å². The van der Waals surface area contributed by atoms with Gasteiger partial charge in [0.15, 0.2) is 5.78 Å². The van der Waals surface area contributed by atoms with Crippen LogP contribution in [0.25, 0.3) is 0 Å². The van der Waals surface area contributed by atoms with E-state index < -0.39 is 11.9 Å². The first-order valence-corrected chi connectivity index (χ1v) is 4.24. The average molecular weight is 204 g/mol. The van der Waals surface area contributed by atoms with Crippen molar-refractivity contribution in [1.82, 2.24) is 0 Å². The van der Waals surface area contributed by atoms with Crippen molar-refractivity contribution in [2.45, 2.75) is 19.3 Å². The normalized spacial score (nSPS) is 9.50. The van der Waals surface area contributed by atoms with Gasteiger partial charge in [0.2, 0.25) is 0 Å². The van der Waals surface area contributed by atoms with Crippen molar-refractivity contribution >= 4 is 17.7 Å². The average Bonchev–Trinajstić information content (AvgIpc) is 2.13. The van der Waals surface area contributed by atoms with Gasteiger partial charge in [0.25, 0.3) is 0 Å². The Hall–Kier alpha value is -1.43. The number of carbonyl (C=O) groups is 3. The molecule has 0 aromatic rings. The van der Waals surface area contributed by atoms with Crippen molar-refractivity contribution in [3.8, 4) is 0 Å². The van der Waals surface area contributed by atoms with E-state index in [1.54, 1.807) is 0 Å². The van der Waals surface area contributed by atoms with Crippen molar-refractivity contribution in [1.29, 1.82) is 0 Å². The fourth-order valence-corrected chi connectivity index (χ4v) is 0.691. The number of carboxylic acids is 1. The standard InChI is InChI=1S/C8H13NO5/c9-5-6(10)1-2-8(13)14-4-3-7(11)12/h1-5,9H2,(H,11,12)/p+1. The van der Waals surface area contributed by atoms with Gasteiger partial charge in [-0.1, -0.05) is 0 Å². The molecule has 0 saturated carbocycles. The number of quaternary nitrogens is 1. The Kier molecular flexibility index (Phi) is 6.30. The van der Waals surface area contributed by atoms with Gasteiger partial charge < -0.3 is 15.6 Å². The molecule has 0 fully saturated rings. The Bertz CT molecular complexity index is 226. The van der Waals surface area contributed by atoms with Crippen LogP contribution in [0.4, 0.5) is 0 Å². The molecule has 0 aliphatic heterocycles. The maximum Gasteiger partial charge on any atom is 0.306 e. The topological polar surface area (TPSA) is 108 Å². The van der Waals surface area contributed by atoms with Gasteiger partial charge in [-0.25, -0.2) is 0 Å². The molecule has 6 heteroatoms. The number of aliphatic carboxylic acids is 1. The highest BCUT2D eigenvalue weighted by molar-refractivity contribution is 5.83. The smallest absolute Gasteiger partial charge is 0.306 e. The lowest BCUT2D eigenvalue weighted by atomic mass is 10.2. The number of rotatable bonds is 7. The number of hydrogen-bond acceptors (Lipinski definition) is 4. The highest BCUT2D eigenvalue weighted by Crippen LogP contribution is 1.94. The molecule has 0 rings (SSSR count). The molecule has 0 aliphatic rings. The van der Waals surface area contributed by atoms with Crippen molar-refractivity contribution in [3.63, 3.8) is 0 Å². The first-order valence-electron chi connectivity index (χ1n) is 4.24. The maximum atomic E-state index is 10.9. The van der Waals surface area contributed by atoms with Crippen molar-refractivity contribution in [3.05, 3.63) is 0 Å².